The number of carbonyl (C=O) groups is 2. The molecule has 0 spiro atoms. The number of rotatable bonds is 5. The second-order valence-corrected chi connectivity index (χ2v) is 18.6. The topological polar surface area (TPSA) is 138 Å². The molecule has 3 rings (SSSR count). The average molecular weight is 618 g/mol. The first-order valence-corrected chi connectivity index (χ1v) is 16.6. The Balaban J connectivity index is 2.17. The number of nitrogens with zero attached hydrogens (tertiary/aromatic N) is 5. The van der Waals surface area contributed by atoms with Gasteiger partial charge in [0.1, 0.15) is 23.4 Å². The number of imidazole rings is 1. The second kappa shape index (κ2) is 11.4. The molecule has 2 aromatic rings. The van der Waals surface area contributed by atoms with Crippen molar-refractivity contribution >= 4 is 49.1 Å². The van der Waals surface area contributed by atoms with Gasteiger partial charge in [0.25, 0.3) is 0 Å². The number of aliphatic hydroxyl groups excluding tert-OH is 1. The van der Waals surface area contributed by atoms with E-state index in [9.17, 15) is 14.7 Å². The first-order valence-electron chi connectivity index (χ1n) is 13.3. The normalized spacial score (nSPS) is 22.2. The predicted octanol–water partition coefficient (Wildman–Crippen LogP) is 5.77. The number of hydrogen-bond donors (Lipinski definition) is 1. The number of amides is 2. The lowest BCUT2D eigenvalue weighted by Gasteiger charge is -2.39. The highest BCUT2D eigenvalue weighted by Gasteiger charge is 2.51. The zero-order chi connectivity index (χ0) is 31.3. The van der Waals surface area contributed by atoms with Crippen LogP contribution in [0.4, 0.5) is 19.8 Å². The largest absolute Gasteiger partial charge is 0.443 e. The van der Waals surface area contributed by atoms with Crippen molar-refractivity contribution in [2.45, 2.75) is 116 Å². The molecule has 1 saturated heterocycles. The molecule has 0 aliphatic carbocycles. The van der Waals surface area contributed by atoms with E-state index in [0.29, 0.717) is 4.90 Å². The summed E-state index contributed by atoms with van der Waals surface area (Å²) in [7, 11) is -2.52. The molecule has 1 N–H and O–H groups in total. The lowest BCUT2D eigenvalue weighted by Crippen LogP contribution is -2.47. The summed E-state index contributed by atoms with van der Waals surface area (Å²) in [6.45, 7) is 19.3. The van der Waals surface area contributed by atoms with Crippen LogP contribution >= 0.6 is 11.6 Å². The molecule has 2 aromatic heterocycles. The number of halogens is 2. The molecule has 1 fully saturated rings. The molecule has 0 bridgehead atoms. The van der Waals surface area contributed by atoms with Crippen molar-refractivity contribution in [1.82, 2.24) is 19.5 Å². The third-order valence-electron chi connectivity index (χ3n) is 6.69. The Morgan fingerprint density at radius 3 is 2.07 bits per heavy atom. The summed E-state index contributed by atoms with van der Waals surface area (Å²) in [6.07, 6.45) is -5.87. The highest BCUT2D eigenvalue weighted by atomic mass is 35.5. The number of imide groups is 1. The summed E-state index contributed by atoms with van der Waals surface area (Å²) in [6, 6.07) is 0. The number of hydrogen-bond acceptors (Lipinski definition) is 10. The van der Waals surface area contributed by atoms with Gasteiger partial charge >= 0.3 is 12.2 Å². The van der Waals surface area contributed by atoms with E-state index in [-0.39, 0.29) is 27.3 Å². The first-order chi connectivity index (χ1) is 18.6. The zero-order valence-electron chi connectivity index (χ0n) is 25.5. The van der Waals surface area contributed by atoms with E-state index in [1.165, 1.54) is 10.9 Å². The van der Waals surface area contributed by atoms with Gasteiger partial charge in [0, 0.05) is 0 Å². The first kappa shape index (κ1) is 33.1. The predicted molar refractivity (Wildman–Crippen MR) is 153 cm³/mol. The van der Waals surface area contributed by atoms with Crippen LogP contribution in [0.2, 0.25) is 23.4 Å². The van der Waals surface area contributed by atoms with Crippen LogP contribution in [-0.2, 0) is 18.6 Å². The number of ether oxygens (including phenoxy) is 3. The lowest BCUT2D eigenvalue weighted by molar-refractivity contribution is -0.0473. The number of fused-ring (bicyclic) bond motifs is 1. The molecule has 0 saturated carbocycles. The number of aromatic nitrogens is 4. The van der Waals surface area contributed by atoms with Gasteiger partial charge in [-0.25, -0.2) is 19.0 Å². The molecular formula is C26H41ClFN5O7Si. The maximum absolute atomic E-state index is 15.6. The van der Waals surface area contributed by atoms with Crippen LogP contribution in [0.1, 0.15) is 68.5 Å². The Labute approximate surface area is 245 Å². The monoisotopic (exact) mass is 617 g/mol. The van der Waals surface area contributed by atoms with E-state index in [1.807, 2.05) is 33.9 Å². The molecule has 230 valence electrons. The Morgan fingerprint density at radius 2 is 1.61 bits per heavy atom. The molecule has 0 aromatic carbocycles. The minimum absolute atomic E-state index is 0.0244. The number of anilines is 1. The molecular weight excluding hydrogens is 577 g/mol. The lowest BCUT2D eigenvalue weighted by atomic mass is 10.1. The van der Waals surface area contributed by atoms with Gasteiger partial charge in [0.15, 0.2) is 37.7 Å². The fourth-order valence-corrected chi connectivity index (χ4v) is 5.23. The van der Waals surface area contributed by atoms with Gasteiger partial charge in [-0.2, -0.15) is 14.9 Å². The molecule has 1 aliphatic heterocycles. The summed E-state index contributed by atoms with van der Waals surface area (Å²) in [5.74, 6) is -0.294. The SMILES string of the molecule is CC(C)(C)OC(=O)N(C(=O)OC(C)(C)C)c1nc(Cl)nc2c1ncn2[C@@H]1O[C@H](CO)[C@@H](F)[C@H]1O[Si](C)(C)C(C)(C)C. The zero-order valence-corrected chi connectivity index (χ0v) is 27.2. The molecule has 4 atom stereocenters. The van der Waals surface area contributed by atoms with Gasteiger partial charge in [0.2, 0.25) is 5.28 Å². The van der Waals surface area contributed by atoms with Crippen LogP contribution < -0.4 is 4.90 Å². The highest BCUT2D eigenvalue weighted by molar-refractivity contribution is 6.74. The van der Waals surface area contributed by atoms with Crippen LogP contribution in [0.5, 0.6) is 0 Å². The Bertz CT molecular complexity index is 1260. The quantitative estimate of drug-likeness (QED) is 0.325. The summed E-state index contributed by atoms with van der Waals surface area (Å²) in [5, 5.41) is 9.24. The fraction of sp³-hybridized carbons (Fsp3) is 0.731. The van der Waals surface area contributed by atoms with Crippen molar-refractivity contribution in [3.63, 3.8) is 0 Å². The van der Waals surface area contributed by atoms with Crippen LogP contribution in [-0.4, -0.2) is 81.3 Å². The van der Waals surface area contributed by atoms with E-state index < -0.39 is 62.9 Å². The second-order valence-electron chi connectivity index (χ2n) is 13.5. The van der Waals surface area contributed by atoms with Crippen molar-refractivity contribution < 1.29 is 37.7 Å². The van der Waals surface area contributed by atoms with E-state index >= 15 is 4.39 Å². The van der Waals surface area contributed by atoms with E-state index in [4.69, 9.17) is 30.2 Å². The van der Waals surface area contributed by atoms with Gasteiger partial charge in [-0.05, 0) is 71.3 Å². The summed E-state index contributed by atoms with van der Waals surface area (Å²) in [5.41, 5.74) is -1.91. The Hall–Kier alpha value is -2.39. The third kappa shape index (κ3) is 7.34. The third-order valence-corrected chi connectivity index (χ3v) is 11.3. The minimum atomic E-state index is -2.52. The number of carbonyl (C=O) groups excluding carboxylic acids is 2. The van der Waals surface area contributed by atoms with Crippen molar-refractivity contribution in [3.8, 4) is 0 Å². The van der Waals surface area contributed by atoms with E-state index in [2.05, 4.69) is 15.0 Å². The maximum Gasteiger partial charge on any atom is 0.425 e. The van der Waals surface area contributed by atoms with Crippen molar-refractivity contribution in [2.75, 3.05) is 11.5 Å². The maximum atomic E-state index is 15.6. The van der Waals surface area contributed by atoms with Crippen molar-refractivity contribution in [3.05, 3.63) is 11.6 Å². The van der Waals surface area contributed by atoms with E-state index in [0.717, 1.165) is 0 Å². The van der Waals surface area contributed by atoms with E-state index in [1.54, 1.807) is 41.5 Å². The molecule has 0 unspecified atom stereocenters. The minimum Gasteiger partial charge on any atom is -0.443 e. The van der Waals surface area contributed by atoms with Gasteiger partial charge in [-0.15, -0.1) is 0 Å². The summed E-state index contributed by atoms with van der Waals surface area (Å²) < 4.78 is 40.3. The van der Waals surface area contributed by atoms with Crippen molar-refractivity contribution in [1.29, 1.82) is 0 Å². The molecule has 15 heteroatoms. The van der Waals surface area contributed by atoms with Crippen LogP contribution in [0.25, 0.3) is 11.2 Å². The van der Waals surface area contributed by atoms with Gasteiger partial charge in [-0.1, -0.05) is 20.8 Å². The van der Waals surface area contributed by atoms with Gasteiger partial charge < -0.3 is 23.7 Å². The molecule has 0 radical (unpaired) electrons. The number of alkyl halides is 1. The van der Waals surface area contributed by atoms with Crippen LogP contribution in [0.15, 0.2) is 6.33 Å². The smallest absolute Gasteiger partial charge is 0.425 e. The molecule has 2 amide bonds. The van der Waals surface area contributed by atoms with Crippen LogP contribution in [0.3, 0.4) is 0 Å². The molecule has 1 aliphatic rings. The summed E-state index contributed by atoms with van der Waals surface area (Å²) in [4.78, 5) is 39.9. The highest BCUT2D eigenvalue weighted by Crippen LogP contribution is 2.43. The van der Waals surface area contributed by atoms with Crippen LogP contribution in [0, 0.1) is 0 Å². The Kier molecular flexibility index (Phi) is 9.17. The molecule has 41 heavy (non-hydrogen) atoms. The Morgan fingerprint density at radius 1 is 1.07 bits per heavy atom. The van der Waals surface area contributed by atoms with Gasteiger partial charge in [0.05, 0.1) is 12.9 Å². The number of aliphatic hydroxyl groups is 1. The summed E-state index contributed by atoms with van der Waals surface area (Å²) >= 11 is 6.29. The fourth-order valence-electron chi connectivity index (χ4n) is 3.79. The standard InChI is InChI=1S/C26H41ClFN5O7Si/c1-24(2,3)38-22(35)33(23(36)39-25(4,5)6)19-16-18(30-21(27)31-19)32(13-29-16)20-17(15(28)14(12-34)37-20)40-41(10,11)26(7,8)9/h13-15,17,20,34H,12H2,1-11H3/t14-,15-,17-,20-/m1/s1. The molecule has 3 heterocycles. The average Bonchev–Trinajstić information content (AvgIpc) is 3.31. The van der Waals surface area contributed by atoms with Gasteiger partial charge in [-0.3, -0.25) is 4.57 Å². The molecule has 12 nitrogen and oxygen atoms in total. The van der Waals surface area contributed by atoms with Crippen molar-refractivity contribution in [2.24, 2.45) is 0 Å².